The highest BCUT2D eigenvalue weighted by Crippen LogP contribution is 2.28. The molecule has 1 atom stereocenters. The Kier molecular flexibility index (Phi) is 7.10. The average molecular weight is 327 g/mol. The summed E-state index contributed by atoms with van der Waals surface area (Å²) in [6.07, 6.45) is 4.67. The second kappa shape index (κ2) is 9.31. The number of hydrogen-bond acceptors (Lipinski definition) is 2. The molecule has 0 heterocycles. The molecule has 1 N–H and O–H groups in total. The molecule has 0 saturated carbocycles. The average Bonchev–Trinajstić information content (AvgIpc) is 2.61. The number of ether oxygens (including phenoxy) is 1. The SMILES string of the molecule is CCCCC(CC)CNC(=O)c1c(OCC)ccc2ccccc12. The molecule has 2 rings (SSSR count). The molecule has 2 aromatic carbocycles. The monoisotopic (exact) mass is 327 g/mol. The van der Waals surface area contributed by atoms with Crippen molar-refractivity contribution in [2.24, 2.45) is 5.92 Å². The van der Waals surface area contributed by atoms with Gasteiger partial charge in [0.05, 0.1) is 12.2 Å². The van der Waals surface area contributed by atoms with Crippen molar-refractivity contribution in [3.63, 3.8) is 0 Å². The lowest BCUT2D eigenvalue weighted by molar-refractivity contribution is 0.0944. The summed E-state index contributed by atoms with van der Waals surface area (Å²) in [6, 6.07) is 11.9. The Morgan fingerprint density at radius 3 is 2.62 bits per heavy atom. The number of benzene rings is 2. The summed E-state index contributed by atoms with van der Waals surface area (Å²) in [5.74, 6) is 1.17. The fourth-order valence-corrected chi connectivity index (χ4v) is 3.03. The highest BCUT2D eigenvalue weighted by Gasteiger charge is 2.17. The van der Waals surface area contributed by atoms with Gasteiger partial charge in [-0.25, -0.2) is 0 Å². The van der Waals surface area contributed by atoms with E-state index in [1.807, 2.05) is 43.3 Å². The molecule has 0 aliphatic heterocycles. The first-order valence-electron chi connectivity index (χ1n) is 9.13. The summed E-state index contributed by atoms with van der Waals surface area (Å²) in [7, 11) is 0. The summed E-state index contributed by atoms with van der Waals surface area (Å²) >= 11 is 0. The molecule has 0 spiro atoms. The third kappa shape index (κ3) is 4.50. The van der Waals surface area contributed by atoms with Crippen LogP contribution in [0.4, 0.5) is 0 Å². The van der Waals surface area contributed by atoms with Crippen LogP contribution >= 0.6 is 0 Å². The van der Waals surface area contributed by atoms with Crippen LogP contribution < -0.4 is 10.1 Å². The van der Waals surface area contributed by atoms with Crippen molar-refractivity contribution in [3.8, 4) is 5.75 Å². The fourth-order valence-electron chi connectivity index (χ4n) is 3.03. The Morgan fingerprint density at radius 2 is 1.92 bits per heavy atom. The summed E-state index contributed by atoms with van der Waals surface area (Å²) in [6.45, 7) is 7.61. The van der Waals surface area contributed by atoms with E-state index in [1.165, 1.54) is 19.3 Å². The topological polar surface area (TPSA) is 38.3 Å². The molecule has 3 heteroatoms. The zero-order chi connectivity index (χ0) is 17.4. The van der Waals surface area contributed by atoms with Gasteiger partial charge in [0.25, 0.3) is 5.91 Å². The van der Waals surface area contributed by atoms with E-state index >= 15 is 0 Å². The third-order valence-electron chi connectivity index (χ3n) is 4.51. The fraction of sp³-hybridized carbons (Fsp3) is 0.476. The van der Waals surface area contributed by atoms with Gasteiger partial charge >= 0.3 is 0 Å². The van der Waals surface area contributed by atoms with Crippen LogP contribution in [0.15, 0.2) is 36.4 Å². The molecule has 24 heavy (non-hydrogen) atoms. The van der Waals surface area contributed by atoms with Gasteiger partial charge in [-0.2, -0.15) is 0 Å². The third-order valence-corrected chi connectivity index (χ3v) is 4.51. The van der Waals surface area contributed by atoms with E-state index < -0.39 is 0 Å². The Labute approximate surface area is 145 Å². The summed E-state index contributed by atoms with van der Waals surface area (Å²) in [4.78, 5) is 12.9. The summed E-state index contributed by atoms with van der Waals surface area (Å²) < 4.78 is 5.70. The summed E-state index contributed by atoms with van der Waals surface area (Å²) in [5.41, 5.74) is 0.653. The molecule has 2 aromatic rings. The smallest absolute Gasteiger partial charge is 0.255 e. The van der Waals surface area contributed by atoms with Crippen molar-refractivity contribution < 1.29 is 9.53 Å². The number of amides is 1. The number of carbonyl (C=O) groups excluding carboxylic acids is 1. The number of fused-ring (bicyclic) bond motifs is 1. The molecule has 130 valence electrons. The minimum atomic E-state index is -0.0369. The van der Waals surface area contributed by atoms with Gasteiger partial charge in [-0.15, -0.1) is 0 Å². The minimum absolute atomic E-state index is 0.0369. The molecule has 3 nitrogen and oxygen atoms in total. The van der Waals surface area contributed by atoms with Crippen molar-refractivity contribution in [1.29, 1.82) is 0 Å². The Bertz CT molecular complexity index is 666. The predicted molar refractivity (Wildman–Crippen MR) is 101 cm³/mol. The van der Waals surface area contributed by atoms with Gasteiger partial charge in [0.1, 0.15) is 5.75 Å². The maximum atomic E-state index is 12.9. The van der Waals surface area contributed by atoms with E-state index in [4.69, 9.17) is 4.74 Å². The van der Waals surface area contributed by atoms with Crippen LogP contribution in [0.5, 0.6) is 5.75 Å². The van der Waals surface area contributed by atoms with Gasteiger partial charge in [0, 0.05) is 6.54 Å². The second-order valence-electron chi connectivity index (χ2n) is 6.22. The Morgan fingerprint density at radius 1 is 1.12 bits per heavy atom. The Balaban J connectivity index is 2.22. The van der Waals surface area contributed by atoms with Crippen LogP contribution in [-0.4, -0.2) is 19.1 Å². The maximum absolute atomic E-state index is 12.9. The molecule has 0 aromatic heterocycles. The molecule has 0 fully saturated rings. The van der Waals surface area contributed by atoms with Crippen molar-refractivity contribution in [1.82, 2.24) is 5.32 Å². The lowest BCUT2D eigenvalue weighted by atomic mass is 9.98. The Hall–Kier alpha value is -2.03. The molecule has 1 unspecified atom stereocenters. The minimum Gasteiger partial charge on any atom is -0.493 e. The number of unbranched alkanes of at least 4 members (excludes halogenated alkanes) is 1. The molecule has 1 amide bonds. The molecule has 0 bridgehead atoms. The van der Waals surface area contributed by atoms with Crippen LogP contribution in [0.3, 0.4) is 0 Å². The van der Waals surface area contributed by atoms with Gasteiger partial charge in [-0.1, -0.05) is 63.4 Å². The van der Waals surface area contributed by atoms with E-state index in [9.17, 15) is 4.79 Å². The second-order valence-corrected chi connectivity index (χ2v) is 6.22. The molecule has 0 saturated heterocycles. The molecular weight excluding hydrogens is 298 g/mol. The van der Waals surface area contributed by atoms with Crippen molar-refractivity contribution in [2.75, 3.05) is 13.2 Å². The molecular formula is C21H29NO2. The van der Waals surface area contributed by atoms with Crippen LogP contribution in [0.2, 0.25) is 0 Å². The van der Waals surface area contributed by atoms with Crippen molar-refractivity contribution in [2.45, 2.75) is 46.5 Å². The van der Waals surface area contributed by atoms with Gasteiger partial charge in [-0.3, -0.25) is 4.79 Å². The quantitative estimate of drug-likeness (QED) is 0.689. The lowest BCUT2D eigenvalue weighted by Gasteiger charge is -2.17. The molecule has 0 radical (unpaired) electrons. The highest BCUT2D eigenvalue weighted by molar-refractivity contribution is 6.09. The maximum Gasteiger partial charge on any atom is 0.255 e. The predicted octanol–water partition coefficient (Wildman–Crippen LogP) is 5.18. The van der Waals surface area contributed by atoms with Gasteiger partial charge in [0.2, 0.25) is 0 Å². The number of rotatable bonds is 9. The zero-order valence-corrected chi connectivity index (χ0v) is 15.1. The molecule has 0 aliphatic rings. The van der Waals surface area contributed by atoms with Crippen LogP contribution in [-0.2, 0) is 0 Å². The first kappa shape index (κ1) is 18.3. The van der Waals surface area contributed by atoms with Gasteiger partial charge in [-0.05, 0) is 36.1 Å². The summed E-state index contributed by atoms with van der Waals surface area (Å²) in [5, 5.41) is 5.14. The number of nitrogens with one attached hydrogen (secondary N) is 1. The van der Waals surface area contributed by atoms with Crippen molar-refractivity contribution >= 4 is 16.7 Å². The van der Waals surface area contributed by atoms with Gasteiger partial charge in [0.15, 0.2) is 0 Å². The van der Waals surface area contributed by atoms with E-state index in [1.54, 1.807) is 0 Å². The standard InChI is InChI=1S/C21H29NO2/c1-4-7-10-16(5-2)15-22-21(23)20-18-12-9-8-11-17(18)13-14-19(20)24-6-3/h8-9,11-14,16H,4-7,10,15H2,1-3H3,(H,22,23). The van der Waals surface area contributed by atoms with Crippen molar-refractivity contribution in [3.05, 3.63) is 42.0 Å². The van der Waals surface area contributed by atoms with E-state index in [2.05, 4.69) is 19.2 Å². The first-order chi connectivity index (χ1) is 11.7. The lowest BCUT2D eigenvalue weighted by Crippen LogP contribution is -2.29. The molecule has 0 aliphatic carbocycles. The first-order valence-corrected chi connectivity index (χ1v) is 9.13. The van der Waals surface area contributed by atoms with Gasteiger partial charge < -0.3 is 10.1 Å². The van der Waals surface area contributed by atoms with E-state index in [-0.39, 0.29) is 5.91 Å². The number of carbonyl (C=O) groups is 1. The van der Waals surface area contributed by atoms with Crippen LogP contribution in [0.1, 0.15) is 56.8 Å². The van der Waals surface area contributed by atoms with E-state index in [0.717, 1.165) is 23.7 Å². The number of hydrogen-bond donors (Lipinski definition) is 1. The van der Waals surface area contributed by atoms with Crippen LogP contribution in [0.25, 0.3) is 10.8 Å². The van der Waals surface area contributed by atoms with Crippen LogP contribution in [0, 0.1) is 5.92 Å². The largest absolute Gasteiger partial charge is 0.493 e. The highest BCUT2D eigenvalue weighted by atomic mass is 16.5. The zero-order valence-electron chi connectivity index (χ0n) is 15.1. The normalized spacial score (nSPS) is 12.1. The van der Waals surface area contributed by atoms with E-state index in [0.29, 0.717) is 23.8 Å².